The molecular weight excluding hydrogens is 388 g/mol. The van der Waals surface area contributed by atoms with Crippen LogP contribution in [0.5, 0.6) is 17.2 Å². The van der Waals surface area contributed by atoms with Crippen molar-refractivity contribution in [2.75, 3.05) is 27.5 Å². The van der Waals surface area contributed by atoms with E-state index < -0.39 is 5.91 Å². The predicted octanol–water partition coefficient (Wildman–Crippen LogP) is 1.08. The molecule has 10 heteroatoms. The Balaban J connectivity index is 1.65. The molecule has 0 radical (unpaired) electrons. The molecule has 10 nitrogen and oxygen atoms in total. The van der Waals surface area contributed by atoms with Crippen molar-refractivity contribution in [3.8, 4) is 22.9 Å². The van der Waals surface area contributed by atoms with Crippen molar-refractivity contribution < 1.29 is 19.0 Å². The van der Waals surface area contributed by atoms with Gasteiger partial charge in [0.15, 0.2) is 17.3 Å². The molecule has 1 aromatic heterocycles. The fraction of sp³-hybridized carbons (Fsp3) is 0.300. The first kappa shape index (κ1) is 18.4. The van der Waals surface area contributed by atoms with Crippen LogP contribution in [0.25, 0.3) is 5.69 Å². The molecule has 1 unspecified atom stereocenters. The predicted molar refractivity (Wildman–Crippen MR) is 105 cm³/mol. The van der Waals surface area contributed by atoms with Gasteiger partial charge in [-0.25, -0.2) is 0 Å². The van der Waals surface area contributed by atoms with Crippen molar-refractivity contribution in [1.29, 1.82) is 0 Å². The highest BCUT2D eigenvalue weighted by molar-refractivity contribution is 5.92. The zero-order valence-electron chi connectivity index (χ0n) is 16.5. The molecule has 2 aliphatic heterocycles. The molecule has 3 heterocycles. The van der Waals surface area contributed by atoms with Crippen LogP contribution >= 0.6 is 0 Å². The van der Waals surface area contributed by atoms with Crippen LogP contribution in [0.1, 0.15) is 33.4 Å². The number of hydrogen-bond donors (Lipinski definition) is 1. The molecule has 0 bridgehead atoms. The lowest BCUT2D eigenvalue weighted by atomic mass is 9.90. The fourth-order valence-electron chi connectivity index (χ4n) is 4.07. The lowest BCUT2D eigenvalue weighted by molar-refractivity contribution is 0.100. The maximum absolute atomic E-state index is 11.4. The number of ether oxygens (including phenoxy) is 3. The first-order valence-corrected chi connectivity index (χ1v) is 9.46. The maximum atomic E-state index is 11.4. The molecule has 5 rings (SSSR count). The lowest BCUT2D eigenvalue weighted by Crippen LogP contribution is -2.35. The average molecular weight is 408 g/mol. The van der Waals surface area contributed by atoms with Gasteiger partial charge in [-0.3, -0.25) is 9.69 Å². The van der Waals surface area contributed by atoms with Gasteiger partial charge >= 0.3 is 0 Å². The van der Waals surface area contributed by atoms with Crippen molar-refractivity contribution in [3.05, 3.63) is 52.8 Å². The monoisotopic (exact) mass is 408 g/mol. The van der Waals surface area contributed by atoms with E-state index in [0.29, 0.717) is 28.6 Å². The number of aromatic nitrogens is 4. The van der Waals surface area contributed by atoms with Gasteiger partial charge in [0, 0.05) is 17.7 Å². The highest BCUT2D eigenvalue weighted by atomic mass is 16.7. The third kappa shape index (κ3) is 2.76. The van der Waals surface area contributed by atoms with Gasteiger partial charge in [-0.05, 0) is 59.8 Å². The fourth-order valence-corrected chi connectivity index (χ4v) is 4.07. The third-order valence-electron chi connectivity index (χ3n) is 5.53. The Bertz CT molecular complexity index is 1130. The number of nitrogens with two attached hydrogens (primary N) is 1. The van der Waals surface area contributed by atoms with Crippen LogP contribution in [-0.2, 0) is 6.42 Å². The standard InChI is InChI=1S/C20H20N6O4/c1-25-8-7-12-9-14-17(30-10-29-14)18(28-2)15(12)16(25)20-22-23-24-26(20)13-5-3-11(4-6-13)19(21)27/h3-6,9,16H,7-8,10H2,1-2H3,(H2,21,27). The zero-order chi connectivity index (χ0) is 20.8. The molecule has 2 aromatic carbocycles. The van der Waals surface area contributed by atoms with Gasteiger partial charge in [-0.1, -0.05) is 0 Å². The summed E-state index contributed by atoms with van der Waals surface area (Å²) in [7, 11) is 3.64. The number of benzene rings is 2. The molecule has 2 aliphatic rings. The molecule has 3 aromatic rings. The van der Waals surface area contributed by atoms with Crippen LogP contribution in [-0.4, -0.2) is 58.5 Å². The molecular formula is C20H20N6O4. The van der Waals surface area contributed by atoms with E-state index in [4.69, 9.17) is 19.9 Å². The molecule has 0 aliphatic carbocycles. The van der Waals surface area contributed by atoms with Gasteiger partial charge in [0.05, 0.1) is 12.8 Å². The minimum absolute atomic E-state index is 0.166. The van der Waals surface area contributed by atoms with E-state index in [1.807, 2.05) is 13.1 Å². The number of carbonyl (C=O) groups is 1. The molecule has 1 atom stereocenters. The van der Waals surface area contributed by atoms with Crippen LogP contribution in [0.15, 0.2) is 30.3 Å². The maximum Gasteiger partial charge on any atom is 0.248 e. The SMILES string of the molecule is COc1c2c(cc3c1C(c1nnnn1-c1ccc(C(N)=O)cc1)N(C)CC3)OCO2. The van der Waals surface area contributed by atoms with Crippen molar-refractivity contribution in [1.82, 2.24) is 25.1 Å². The second-order valence-corrected chi connectivity index (χ2v) is 7.21. The Hall–Kier alpha value is -3.66. The Morgan fingerprint density at radius 3 is 2.80 bits per heavy atom. The summed E-state index contributed by atoms with van der Waals surface area (Å²) in [6.45, 7) is 0.979. The molecule has 0 saturated heterocycles. The summed E-state index contributed by atoms with van der Waals surface area (Å²) in [5.41, 5.74) is 8.56. The van der Waals surface area contributed by atoms with E-state index in [9.17, 15) is 4.79 Å². The van der Waals surface area contributed by atoms with Crippen LogP contribution in [0, 0.1) is 0 Å². The molecule has 0 fully saturated rings. The lowest BCUT2D eigenvalue weighted by Gasteiger charge is -2.34. The first-order chi connectivity index (χ1) is 14.6. The topological polar surface area (TPSA) is 118 Å². The number of methoxy groups -OCH3 is 1. The number of carbonyl (C=O) groups excluding carboxylic acids is 1. The van der Waals surface area contributed by atoms with E-state index in [-0.39, 0.29) is 12.8 Å². The summed E-state index contributed by atoms with van der Waals surface area (Å²) >= 11 is 0. The summed E-state index contributed by atoms with van der Waals surface area (Å²) < 4.78 is 18.7. The number of nitrogens with zero attached hydrogens (tertiary/aromatic N) is 5. The number of tetrazole rings is 1. The molecule has 1 amide bonds. The Labute approximate surface area is 172 Å². The minimum atomic E-state index is -0.486. The van der Waals surface area contributed by atoms with Gasteiger partial charge < -0.3 is 19.9 Å². The molecule has 154 valence electrons. The van der Waals surface area contributed by atoms with Crippen molar-refractivity contribution in [3.63, 3.8) is 0 Å². The number of fused-ring (bicyclic) bond motifs is 2. The zero-order valence-corrected chi connectivity index (χ0v) is 16.5. The summed E-state index contributed by atoms with van der Waals surface area (Å²) in [5, 5.41) is 12.4. The molecule has 30 heavy (non-hydrogen) atoms. The van der Waals surface area contributed by atoms with Gasteiger partial charge in [0.25, 0.3) is 0 Å². The quantitative estimate of drug-likeness (QED) is 0.681. The largest absolute Gasteiger partial charge is 0.492 e. The summed E-state index contributed by atoms with van der Waals surface area (Å²) in [6.07, 6.45) is 0.838. The number of likely N-dealkylation sites (N-methyl/N-ethyl adjacent to an activating group) is 1. The Kier molecular flexibility index (Phi) is 4.28. The van der Waals surface area contributed by atoms with E-state index in [0.717, 1.165) is 29.8 Å². The van der Waals surface area contributed by atoms with E-state index in [1.54, 1.807) is 36.1 Å². The number of primary amides is 1. The summed E-state index contributed by atoms with van der Waals surface area (Å²) in [4.78, 5) is 13.6. The smallest absolute Gasteiger partial charge is 0.248 e. The first-order valence-electron chi connectivity index (χ1n) is 9.46. The number of rotatable bonds is 4. The van der Waals surface area contributed by atoms with Gasteiger partial charge in [-0.2, -0.15) is 4.68 Å². The highest BCUT2D eigenvalue weighted by Gasteiger charge is 2.37. The number of hydrogen-bond acceptors (Lipinski definition) is 8. The van der Waals surface area contributed by atoms with Crippen molar-refractivity contribution >= 4 is 5.91 Å². The molecule has 2 N–H and O–H groups in total. The second-order valence-electron chi connectivity index (χ2n) is 7.21. The van der Waals surface area contributed by atoms with Crippen LogP contribution in [0.4, 0.5) is 0 Å². The van der Waals surface area contributed by atoms with Gasteiger partial charge in [-0.15, -0.1) is 5.10 Å². The second kappa shape index (κ2) is 6.99. The molecule has 0 saturated carbocycles. The van der Waals surface area contributed by atoms with E-state index in [2.05, 4.69) is 20.4 Å². The Morgan fingerprint density at radius 2 is 2.07 bits per heavy atom. The Morgan fingerprint density at radius 1 is 1.27 bits per heavy atom. The molecule has 0 spiro atoms. The van der Waals surface area contributed by atoms with Crippen LogP contribution < -0.4 is 19.9 Å². The van der Waals surface area contributed by atoms with Crippen molar-refractivity contribution in [2.24, 2.45) is 5.73 Å². The van der Waals surface area contributed by atoms with Crippen LogP contribution in [0.2, 0.25) is 0 Å². The summed E-state index contributed by atoms with van der Waals surface area (Å²) in [6, 6.07) is 8.58. The average Bonchev–Trinajstić information content (AvgIpc) is 3.41. The van der Waals surface area contributed by atoms with E-state index in [1.165, 1.54) is 0 Å². The third-order valence-corrected chi connectivity index (χ3v) is 5.53. The van der Waals surface area contributed by atoms with Crippen molar-refractivity contribution in [2.45, 2.75) is 12.5 Å². The number of amides is 1. The highest BCUT2D eigenvalue weighted by Crippen LogP contribution is 2.50. The van der Waals surface area contributed by atoms with Gasteiger partial charge in [0.1, 0.15) is 6.04 Å². The normalized spacial score (nSPS) is 17.6. The summed E-state index contributed by atoms with van der Waals surface area (Å²) in [5.74, 6) is 2.06. The minimum Gasteiger partial charge on any atom is -0.492 e. The van der Waals surface area contributed by atoms with Crippen LogP contribution in [0.3, 0.4) is 0 Å². The van der Waals surface area contributed by atoms with E-state index >= 15 is 0 Å². The van der Waals surface area contributed by atoms with Gasteiger partial charge in [0.2, 0.25) is 18.4 Å².